The Morgan fingerprint density at radius 2 is 1.91 bits per heavy atom. The standard InChI is InChI=1S/C19H34N2O/c1-22-14-7-5-3-2-4-6-9-17-10-8-11-18-15-20-21-16-19(18)13-12-17/h15-17,19-20H,2-14H2,1H3. The van der Waals surface area contributed by atoms with Gasteiger partial charge in [-0.05, 0) is 43.6 Å². The average molecular weight is 306 g/mol. The van der Waals surface area contributed by atoms with Crippen molar-refractivity contribution >= 4 is 6.21 Å². The summed E-state index contributed by atoms with van der Waals surface area (Å²) in [6.45, 7) is 0.929. The summed E-state index contributed by atoms with van der Waals surface area (Å²) in [5, 5.41) is 4.22. The molecule has 1 heterocycles. The summed E-state index contributed by atoms with van der Waals surface area (Å²) in [7, 11) is 1.80. The summed E-state index contributed by atoms with van der Waals surface area (Å²) in [5.74, 6) is 1.57. The van der Waals surface area contributed by atoms with E-state index in [1.807, 2.05) is 0 Å². The van der Waals surface area contributed by atoms with Gasteiger partial charge in [-0.25, -0.2) is 0 Å². The van der Waals surface area contributed by atoms with Gasteiger partial charge in [-0.2, -0.15) is 5.10 Å². The van der Waals surface area contributed by atoms with Crippen molar-refractivity contribution in [1.82, 2.24) is 5.43 Å². The fourth-order valence-corrected chi connectivity index (χ4v) is 3.80. The van der Waals surface area contributed by atoms with Crippen LogP contribution in [-0.2, 0) is 4.74 Å². The summed E-state index contributed by atoms with van der Waals surface area (Å²) in [6.07, 6.45) is 20.6. The lowest BCUT2D eigenvalue weighted by Gasteiger charge is -2.26. The highest BCUT2D eigenvalue weighted by Crippen LogP contribution is 2.32. The highest BCUT2D eigenvalue weighted by Gasteiger charge is 2.20. The molecular formula is C19H34N2O. The Morgan fingerprint density at radius 3 is 2.77 bits per heavy atom. The molecule has 0 aromatic heterocycles. The number of fused-ring (bicyclic) bond motifs is 1. The summed E-state index contributed by atoms with van der Waals surface area (Å²) < 4.78 is 5.09. The second-order valence-corrected chi connectivity index (χ2v) is 6.97. The van der Waals surface area contributed by atoms with Crippen LogP contribution < -0.4 is 5.43 Å². The number of rotatable bonds is 9. The zero-order valence-electron chi connectivity index (χ0n) is 14.4. The van der Waals surface area contributed by atoms with Crippen LogP contribution in [0.25, 0.3) is 0 Å². The van der Waals surface area contributed by atoms with E-state index in [4.69, 9.17) is 4.74 Å². The van der Waals surface area contributed by atoms with E-state index >= 15 is 0 Å². The maximum atomic E-state index is 5.09. The Bertz CT molecular complexity index is 351. The Labute approximate surface area is 136 Å². The highest BCUT2D eigenvalue weighted by molar-refractivity contribution is 5.66. The summed E-state index contributed by atoms with van der Waals surface area (Å²) >= 11 is 0. The lowest BCUT2D eigenvalue weighted by Crippen LogP contribution is -2.19. The highest BCUT2D eigenvalue weighted by atomic mass is 16.5. The van der Waals surface area contributed by atoms with Crippen molar-refractivity contribution in [2.45, 2.75) is 77.0 Å². The van der Waals surface area contributed by atoms with Crippen LogP contribution in [0.15, 0.2) is 16.9 Å². The minimum atomic E-state index is 0.616. The first kappa shape index (κ1) is 17.5. The van der Waals surface area contributed by atoms with Gasteiger partial charge in [0.15, 0.2) is 0 Å². The van der Waals surface area contributed by atoms with Crippen LogP contribution in [0.5, 0.6) is 0 Å². The van der Waals surface area contributed by atoms with Gasteiger partial charge in [0.25, 0.3) is 0 Å². The molecule has 1 aliphatic carbocycles. The van der Waals surface area contributed by atoms with Gasteiger partial charge in [-0.3, -0.25) is 5.43 Å². The molecular weight excluding hydrogens is 272 g/mol. The number of nitrogens with one attached hydrogen (secondary N) is 1. The molecule has 0 aromatic rings. The van der Waals surface area contributed by atoms with Gasteiger partial charge < -0.3 is 4.74 Å². The predicted octanol–water partition coefficient (Wildman–Crippen LogP) is 5.03. The van der Waals surface area contributed by atoms with Gasteiger partial charge in [-0.15, -0.1) is 0 Å². The molecule has 2 aliphatic rings. The second-order valence-electron chi connectivity index (χ2n) is 6.97. The number of allylic oxidation sites excluding steroid dienone is 1. The maximum Gasteiger partial charge on any atom is 0.0462 e. The van der Waals surface area contributed by atoms with E-state index in [-0.39, 0.29) is 0 Å². The molecule has 0 amide bonds. The third-order valence-corrected chi connectivity index (χ3v) is 5.23. The molecule has 126 valence electrons. The molecule has 2 unspecified atom stereocenters. The zero-order valence-corrected chi connectivity index (χ0v) is 14.4. The Morgan fingerprint density at radius 1 is 1.09 bits per heavy atom. The van der Waals surface area contributed by atoms with E-state index in [9.17, 15) is 0 Å². The lowest BCUT2D eigenvalue weighted by molar-refractivity contribution is 0.192. The van der Waals surface area contributed by atoms with Crippen molar-refractivity contribution in [2.75, 3.05) is 13.7 Å². The summed E-state index contributed by atoms with van der Waals surface area (Å²) in [6, 6.07) is 0. The topological polar surface area (TPSA) is 33.6 Å². The number of hydrazone groups is 1. The molecule has 0 aromatic carbocycles. The van der Waals surface area contributed by atoms with Gasteiger partial charge in [0.1, 0.15) is 0 Å². The molecule has 1 saturated carbocycles. The van der Waals surface area contributed by atoms with Gasteiger partial charge in [0.2, 0.25) is 0 Å². The molecule has 2 rings (SSSR count). The maximum absolute atomic E-state index is 5.09. The van der Waals surface area contributed by atoms with Crippen molar-refractivity contribution < 1.29 is 4.74 Å². The van der Waals surface area contributed by atoms with Crippen molar-refractivity contribution in [2.24, 2.45) is 16.9 Å². The van der Waals surface area contributed by atoms with E-state index in [0.29, 0.717) is 5.92 Å². The van der Waals surface area contributed by atoms with Gasteiger partial charge in [0, 0.05) is 32.0 Å². The number of unbranched alkanes of at least 4 members (excludes halogenated alkanes) is 5. The molecule has 2 atom stereocenters. The van der Waals surface area contributed by atoms with Crippen LogP contribution in [-0.4, -0.2) is 19.9 Å². The van der Waals surface area contributed by atoms with Gasteiger partial charge in [-0.1, -0.05) is 44.9 Å². The third kappa shape index (κ3) is 6.51. The van der Waals surface area contributed by atoms with Gasteiger partial charge >= 0.3 is 0 Å². The normalized spacial score (nSPS) is 24.9. The molecule has 3 heteroatoms. The Hall–Kier alpha value is -0.830. The molecule has 0 spiro atoms. The first-order valence-corrected chi connectivity index (χ1v) is 9.36. The summed E-state index contributed by atoms with van der Waals surface area (Å²) in [4.78, 5) is 0. The minimum Gasteiger partial charge on any atom is -0.385 e. The van der Waals surface area contributed by atoms with Crippen molar-refractivity contribution in [3.05, 3.63) is 11.8 Å². The molecule has 0 radical (unpaired) electrons. The quantitative estimate of drug-likeness (QED) is 0.606. The van der Waals surface area contributed by atoms with E-state index in [1.165, 1.54) is 77.0 Å². The first-order chi connectivity index (χ1) is 10.9. The van der Waals surface area contributed by atoms with E-state index in [0.717, 1.165) is 12.5 Å². The molecule has 3 nitrogen and oxygen atoms in total. The molecule has 22 heavy (non-hydrogen) atoms. The molecule has 1 fully saturated rings. The number of hydrogen-bond donors (Lipinski definition) is 1. The predicted molar refractivity (Wildman–Crippen MR) is 94.0 cm³/mol. The van der Waals surface area contributed by atoms with E-state index in [1.54, 1.807) is 12.7 Å². The van der Waals surface area contributed by atoms with E-state index in [2.05, 4.69) is 22.9 Å². The van der Waals surface area contributed by atoms with Crippen molar-refractivity contribution in [3.63, 3.8) is 0 Å². The van der Waals surface area contributed by atoms with Crippen molar-refractivity contribution in [3.8, 4) is 0 Å². The number of hydrogen-bond acceptors (Lipinski definition) is 3. The SMILES string of the molecule is COCCCCCCCCC1CCCC2=CNN=CC2CC1. The fourth-order valence-electron chi connectivity index (χ4n) is 3.80. The fraction of sp³-hybridized carbons (Fsp3) is 0.842. The molecule has 0 bridgehead atoms. The van der Waals surface area contributed by atoms with Crippen LogP contribution in [0.3, 0.4) is 0 Å². The van der Waals surface area contributed by atoms with Crippen LogP contribution >= 0.6 is 0 Å². The summed E-state index contributed by atoms with van der Waals surface area (Å²) in [5.41, 5.74) is 4.58. The molecule has 0 saturated heterocycles. The van der Waals surface area contributed by atoms with Crippen molar-refractivity contribution in [1.29, 1.82) is 0 Å². The molecule has 1 aliphatic heterocycles. The lowest BCUT2D eigenvalue weighted by atomic mass is 9.81. The van der Waals surface area contributed by atoms with Crippen LogP contribution in [0.2, 0.25) is 0 Å². The van der Waals surface area contributed by atoms with Crippen LogP contribution in [0.4, 0.5) is 0 Å². The monoisotopic (exact) mass is 306 g/mol. The number of nitrogens with zero attached hydrogens (tertiary/aromatic N) is 1. The van der Waals surface area contributed by atoms with Gasteiger partial charge in [0.05, 0.1) is 0 Å². The zero-order chi connectivity index (χ0) is 15.5. The average Bonchev–Trinajstić information content (AvgIpc) is 2.52. The number of methoxy groups -OCH3 is 1. The second kappa shape index (κ2) is 10.8. The van der Waals surface area contributed by atoms with E-state index < -0.39 is 0 Å². The third-order valence-electron chi connectivity index (χ3n) is 5.23. The minimum absolute atomic E-state index is 0.616. The number of ether oxygens (including phenoxy) is 1. The van der Waals surface area contributed by atoms with Crippen LogP contribution in [0, 0.1) is 11.8 Å². The first-order valence-electron chi connectivity index (χ1n) is 9.36. The smallest absolute Gasteiger partial charge is 0.0462 e. The largest absolute Gasteiger partial charge is 0.385 e. The molecule has 1 N–H and O–H groups in total. The van der Waals surface area contributed by atoms with Crippen LogP contribution in [0.1, 0.15) is 77.0 Å². The Balaban J connectivity index is 1.54. The Kier molecular flexibility index (Phi) is 8.62.